The maximum atomic E-state index is 12.8. The van der Waals surface area contributed by atoms with Gasteiger partial charge in [-0.15, -0.1) is 0 Å². The number of phenols is 1. The first-order valence-electron chi connectivity index (χ1n) is 5.77. The largest absolute Gasteiger partial charge is 0.505 e. The van der Waals surface area contributed by atoms with Gasteiger partial charge in [-0.3, -0.25) is 4.79 Å². The van der Waals surface area contributed by atoms with E-state index >= 15 is 0 Å². The standard InChI is InChI=1S/C9H10FNO2.2C2H6/c1-5-3-7(10)4-8(9(5)13)11-6(2)12;2*1-2/h3-4,13H,1-2H3,(H,11,12);2*1-2H3. The van der Waals surface area contributed by atoms with Gasteiger partial charge in [-0.2, -0.15) is 0 Å². The molecule has 0 aliphatic heterocycles. The molecule has 1 aromatic rings. The summed E-state index contributed by atoms with van der Waals surface area (Å²) >= 11 is 0. The third-order valence-corrected chi connectivity index (χ3v) is 1.58. The predicted molar refractivity (Wildman–Crippen MR) is 69.8 cm³/mol. The average Bonchev–Trinajstić information content (AvgIpc) is 2.30. The van der Waals surface area contributed by atoms with Crippen LogP contribution in [0.2, 0.25) is 0 Å². The molecule has 0 fully saturated rings. The van der Waals surface area contributed by atoms with Gasteiger partial charge in [0.05, 0.1) is 5.69 Å². The van der Waals surface area contributed by atoms with Crippen LogP contribution in [0.1, 0.15) is 40.2 Å². The number of halogens is 1. The van der Waals surface area contributed by atoms with Crippen LogP contribution in [0.15, 0.2) is 12.1 Å². The number of aromatic hydroxyl groups is 1. The predicted octanol–water partition coefficient (Wildman–Crippen LogP) is 3.85. The van der Waals surface area contributed by atoms with Crippen molar-refractivity contribution in [1.29, 1.82) is 0 Å². The molecule has 0 aliphatic rings. The summed E-state index contributed by atoms with van der Waals surface area (Å²) in [5, 5.41) is 11.7. The van der Waals surface area contributed by atoms with Gasteiger partial charge in [0.25, 0.3) is 0 Å². The Bertz CT molecular complexity index is 352. The molecule has 0 radical (unpaired) electrons. The molecule has 98 valence electrons. The Kier molecular flexibility index (Phi) is 10.1. The second-order valence-electron chi connectivity index (χ2n) is 2.80. The highest BCUT2D eigenvalue weighted by Gasteiger charge is 2.07. The SMILES string of the molecule is CC.CC.CC(=O)Nc1cc(F)cc(C)c1O. The number of rotatable bonds is 1. The molecular formula is C13H22FNO2. The van der Waals surface area contributed by atoms with E-state index in [0.29, 0.717) is 5.56 Å². The molecule has 0 atom stereocenters. The zero-order valence-corrected chi connectivity index (χ0v) is 11.4. The Hall–Kier alpha value is -1.58. The van der Waals surface area contributed by atoms with Gasteiger partial charge in [0.2, 0.25) is 5.91 Å². The molecule has 4 heteroatoms. The number of phenolic OH excluding ortho intramolecular Hbond substituents is 1. The summed E-state index contributed by atoms with van der Waals surface area (Å²) in [5.41, 5.74) is 0.494. The lowest BCUT2D eigenvalue weighted by atomic mass is 10.2. The molecule has 0 saturated heterocycles. The second-order valence-corrected chi connectivity index (χ2v) is 2.80. The van der Waals surface area contributed by atoms with Gasteiger partial charge in [-0.1, -0.05) is 27.7 Å². The fraction of sp³-hybridized carbons (Fsp3) is 0.462. The van der Waals surface area contributed by atoms with Crippen LogP contribution in [-0.4, -0.2) is 11.0 Å². The monoisotopic (exact) mass is 243 g/mol. The normalized spacial score (nSPS) is 8.18. The van der Waals surface area contributed by atoms with E-state index in [1.807, 2.05) is 27.7 Å². The average molecular weight is 243 g/mol. The first kappa shape index (κ1) is 17.8. The van der Waals surface area contributed by atoms with Gasteiger partial charge in [0.15, 0.2) is 0 Å². The molecule has 0 aliphatic carbocycles. The van der Waals surface area contributed by atoms with Crippen molar-refractivity contribution in [3.63, 3.8) is 0 Å². The summed E-state index contributed by atoms with van der Waals surface area (Å²) in [7, 11) is 0. The lowest BCUT2D eigenvalue weighted by molar-refractivity contribution is -0.114. The summed E-state index contributed by atoms with van der Waals surface area (Å²) < 4.78 is 12.8. The van der Waals surface area contributed by atoms with E-state index in [9.17, 15) is 14.3 Å². The quantitative estimate of drug-likeness (QED) is 0.736. The van der Waals surface area contributed by atoms with E-state index in [1.54, 1.807) is 6.92 Å². The molecular weight excluding hydrogens is 221 g/mol. The van der Waals surface area contributed by atoms with Crippen LogP contribution in [0.25, 0.3) is 0 Å². The zero-order valence-electron chi connectivity index (χ0n) is 11.4. The van der Waals surface area contributed by atoms with E-state index in [0.717, 1.165) is 6.07 Å². The summed E-state index contributed by atoms with van der Waals surface area (Å²) in [4.78, 5) is 10.6. The summed E-state index contributed by atoms with van der Waals surface area (Å²) in [6.45, 7) is 10.9. The Morgan fingerprint density at radius 3 is 2.12 bits per heavy atom. The Balaban J connectivity index is 0. The first-order valence-corrected chi connectivity index (χ1v) is 5.77. The molecule has 1 rings (SSSR count). The smallest absolute Gasteiger partial charge is 0.221 e. The van der Waals surface area contributed by atoms with Crippen molar-refractivity contribution >= 4 is 11.6 Å². The maximum absolute atomic E-state index is 12.8. The number of nitrogens with one attached hydrogen (secondary N) is 1. The maximum Gasteiger partial charge on any atom is 0.221 e. The molecule has 0 unspecified atom stereocenters. The van der Waals surface area contributed by atoms with Crippen molar-refractivity contribution in [3.8, 4) is 5.75 Å². The highest BCUT2D eigenvalue weighted by molar-refractivity contribution is 5.90. The van der Waals surface area contributed by atoms with E-state index in [1.165, 1.54) is 13.0 Å². The molecule has 0 bridgehead atoms. The Morgan fingerprint density at radius 2 is 1.71 bits per heavy atom. The lowest BCUT2D eigenvalue weighted by Gasteiger charge is -2.07. The van der Waals surface area contributed by atoms with Crippen molar-refractivity contribution in [2.75, 3.05) is 5.32 Å². The number of benzene rings is 1. The topological polar surface area (TPSA) is 49.3 Å². The van der Waals surface area contributed by atoms with Gasteiger partial charge < -0.3 is 10.4 Å². The van der Waals surface area contributed by atoms with E-state index < -0.39 is 5.82 Å². The highest BCUT2D eigenvalue weighted by Crippen LogP contribution is 2.27. The number of carbonyl (C=O) groups is 1. The lowest BCUT2D eigenvalue weighted by Crippen LogP contribution is -2.06. The van der Waals surface area contributed by atoms with Crippen molar-refractivity contribution in [1.82, 2.24) is 0 Å². The van der Waals surface area contributed by atoms with Crippen LogP contribution in [0.3, 0.4) is 0 Å². The van der Waals surface area contributed by atoms with E-state index in [4.69, 9.17) is 0 Å². The fourth-order valence-corrected chi connectivity index (χ4v) is 1.02. The van der Waals surface area contributed by atoms with E-state index in [2.05, 4.69) is 5.32 Å². The van der Waals surface area contributed by atoms with Gasteiger partial charge >= 0.3 is 0 Å². The highest BCUT2D eigenvalue weighted by atomic mass is 19.1. The number of aryl methyl sites for hydroxylation is 1. The van der Waals surface area contributed by atoms with Gasteiger partial charge in [-0.05, 0) is 18.6 Å². The van der Waals surface area contributed by atoms with Crippen LogP contribution in [-0.2, 0) is 4.79 Å². The zero-order chi connectivity index (χ0) is 14.0. The minimum absolute atomic E-state index is 0.100. The van der Waals surface area contributed by atoms with Crippen molar-refractivity contribution < 1.29 is 14.3 Å². The molecule has 2 N–H and O–H groups in total. The Labute approximate surface area is 103 Å². The molecule has 1 aromatic carbocycles. The molecule has 17 heavy (non-hydrogen) atoms. The number of amides is 1. The molecule has 3 nitrogen and oxygen atoms in total. The molecule has 0 aromatic heterocycles. The minimum atomic E-state index is -0.487. The molecule has 0 saturated carbocycles. The number of anilines is 1. The molecule has 0 spiro atoms. The summed E-state index contributed by atoms with van der Waals surface area (Å²) in [5.74, 6) is -0.934. The third-order valence-electron chi connectivity index (χ3n) is 1.58. The number of carbonyl (C=O) groups excluding carboxylic acids is 1. The van der Waals surface area contributed by atoms with Gasteiger partial charge in [-0.25, -0.2) is 4.39 Å². The molecule has 0 heterocycles. The first-order chi connectivity index (χ1) is 8.00. The number of hydrogen-bond acceptors (Lipinski definition) is 2. The van der Waals surface area contributed by atoms with Crippen LogP contribution < -0.4 is 5.32 Å². The van der Waals surface area contributed by atoms with Gasteiger partial charge in [0.1, 0.15) is 11.6 Å². The van der Waals surface area contributed by atoms with E-state index in [-0.39, 0.29) is 17.3 Å². The fourth-order valence-electron chi connectivity index (χ4n) is 1.02. The minimum Gasteiger partial charge on any atom is -0.505 e. The van der Waals surface area contributed by atoms with Crippen LogP contribution >= 0.6 is 0 Å². The van der Waals surface area contributed by atoms with Crippen molar-refractivity contribution in [2.45, 2.75) is 41.5 Å². The van der Waals surface area contributed by atoms with Crippen molar-refractivity contribution in [2.24, 2.45) is 0 Å². The van der Waals surface area contributed by atoms with Crippen molar-refractivity contribution in [3.05, 3.63) is 23.5 Å². The summed E-state index contributed by atoms with van der Waals surface area (Å²) in [6, 6.07) is 2.27. The van der Waals surface area contributed by atoms with Gasteiger partial charge in [0, 0.05) is 13.0 Å². The second kappa shape index (κ2) is 9.63. The number of hydrogen-bond donors (Lipinski definition) is 2. The third kappa shape index (κ3) is 6.56. The molecule has 1 amide bonds. The van der Waals surface area contributed by atoms with Crippen LogP contribution in [0, 0.1) is 12.7 Å². The van der Waals surface area contributed by atoms with Crippen LogP contribution in [0.5, 0.6) is 5.75 Å². The van der Waals surface area contributed by atoms with Crippen LogP contribution in [0.4, 0.5) is 10.1 Å². The Morgan fingerprint density at radius 1 is 1.24 bits per heavy atom. The summed E-state index contributed by atoms with van der Waals surface area (Å²) in [6.07, 6.45) is 0.